The van der Waals surface area contributed by atoms with Crippen LogP contribution >= 0.6 is 0 Å². The number of unbranched alkanes of at least 4 members (excludes halogenated alkanes) is 10. The Kier molecular flexibility index (Phi) is 100. The Bertz CT molecular complexity index is 869. The molecule has 3 atom stereocenters. The first-order valence-electron chi connectivity index (χ1n) is 23.4. The van der Waals surface area contributed by atoms with Crippen molar-refractivity contribution in [1.29, 1.82) is 0 Å². The molecule has 0 aromatic rings. The summed E-state index contributed by atoms with van der Waals surface area (Å²) in [4.78, 5) is 11.3. The maximum atomic E-state index is 7.00. The zero-order chi connectivity index (χ0) is 47.8. The highest BCUT2D eigenvalue weighted by Crippen LogP contribution is 2.34. The minimum atomic E-state index is -0.208. The van der Waals surface area contributed by atoms with Gasteiger partial charge in [-0.2, -0.15) is 0 Å². The molecule has 6 nitrogen and oxygen atoms in total. The lowest BCUT2D eigenvalue weighted by molar-refractivity contribution is -0.103. The molecule has 6 heteroatoms. The molecule has 0 amide bonds. The molecule has 1 fully saturated rings. The van der Waals surface area contributed by atoms with Crippen LogP contribution in [0.3, 0.4) is 0 Å². The van der Waals surface area contributed by atoms with Crippen molar-refractivity contribution in [2.45, 2.75) is 198 Å². The smallest absolute Gasteiger partial charge is 0.0780 e. The summed E-state index contributed by atoms with van der Waals surface area (Å²) in [5, 5.41) is 7.00. The molecular formula is C54H106N2O4. The van der Waals surface area contributed by atoms with Crippen molar-refractivity contribution in [3.05, 3.63) is 50.1 Å². The average Bonchev–Trinajstić information content (AvgIpc) is 3.70. The van der Waals surface area contributed by atoms with Crippen LogP contribution in [-0.4, -0.2) is 51.7 Å². The van der Waals surface area contributed by atoms with Crippen molar-refractivity contribution in [1.82, 2.24) is 11.0 Å². The lowest BCUT2D eigenvalue weighted by Crippen LogP contribution is -2.38. The van der Waals surface area contributed by atoms with Gasteiger partial charge >= 0.3 is 0 Å². The average molecular weight is 847 g/mol. The summed E-state index contributed by atoms with van der Waals surface area (Å²) in [6, 6.07) is 0. The van der Waals surface area contributed by atoms with Crippen molar-refractivity contribution in [3.63, 3.8) is 0 Å². The van der Waals surface area contributed by atoms with Crippen LogP contribution < -0.4 is 11.0 Å². The zero-order valence-corrected chi connectivity index (χ0v) is 42.3. The Balaban J connectivity index is -0.000000111. The van der Waals surface area contributed by atoms with Gasteiger partial charge in [-0.05, 0) is 84.5 Å². The first-order chi connectivity index (χ1) is 29.3. The first kappa shape index (κ1) is 74.8. The maximum Gasteiger partial charge on any atom is 0.0780 e. The molecule has 1 aliphatic carbocycles. The lowest BCUT2D eigenvalue weighted by atomic mass is 9.92. The molecule has 0 aromatic heterocycles. The highest BCUT2D eigenvalue weighted by Gasteiger charge is 2.26. The number of terminal acetylenes is 3. The summed E-state index contributed by atoms with van der Waals surface area (Å²) in [6.45, 7) is 36.7. The van der Waals surface area contributed by atoms with Gasteiger partial charge in [0.2, 0.25) is 0 Å². The number of allylic oxidation sites excluding steroid dienone is 5. The molecule has 0 bridgehead atoms. The quantitative estimate of drug-likeness (QED) is 0.0315. The third kappa shape index (κ3) is 79.5. The molecule has 0 radical (unpaired) electrons. The summed E-state index contributed by atoms with van der Waals surface area (Å²) in [5.41, 5.74) is 5.83. The van der Waals surface area contributed by atoms with Gasteiger partial charge in [-0.3, -0.25) is 0 Å². The molecule has 356 valence electrons. The normalized spacial score (nSPS) is 13.9. The second kappa shape index (κ2) is 80.4. The van der Waals surface area contributed by atoms with E-state index in [2.05, 4.69) is 116 Å². The molecule has 0 heterocycles. The summed E-state index contributed by atoms with van der Waals surface area (Å²) in [6.07, 6.45) is 52.2. The van der Waals surface area contributed by atoms with Gasteiger partial charge in [0.05, 0.1) is 19.8 Å². The summed E-state index contributed by atoms with van der Waals surface area (Å²) in [5.74, 6) is 7.00. The Morgan fingerprint density at radius 2 is 1.22 bits per heavy atom. The van der Waals surface area contributed by atoms with Crippen molar-refractivity contribution >= 4 is 0 Å². The van der Waals surface area contributed by atoms with E-state index >= 15 is 0 Å². The zero-order valence-electron chi connectivity index (χ0n) is 42.3. The van der Waals surface area contributed by atoms with Gasteiger partial charge in [0.1, 0.15) is 0 Å². The summed E-state index contributed by atoms with van der Waals surface area (Å²) < 4.78 is 5.90. The first-order valence-corrected chi connectivity index (χ1v) is 23.4. The Morgan fingerprint density at radius 1 is 0.733 bits per heavy atom. The number of nitrogens with one attached hydrogen (secondary N) is 2. The van der Waals surface area contributed by atoms with Gasteiger partial charge in [-0.1, -0.05) is 149 Å². The van der Waals surface area contributed by atoms with E-state index < -0.39 is 0 Å². The Labute approximate surface area is 379 Å². The maximum absolute atomic E-state index is 7.00. The Hall–Kier alpha value is -2.60. The van der Waals surface area contributed by atoms with Crippen LogP contribution in [0.25, 0.3) is 0 Å². The van der Waals surface area contributed by atoms with E-state index in [0.717, 1.165) is 77.2 Å². The highest BCUT2D eigenvalue weighted by atomic mass is 16.7. The van der Waals surface area contributed by atoms with Gasteiger partial charge in [0.25, 0.3) is 0 Å². The SMILES string of the molecule is C#C.C#CC.C#CCCCNOCC(C)(COCCCC/C=C\C)CONCCCCC.C/C=C\C.C=C.C=CCCCCC.CC.CCCCCC1CCC[C@@H]1C.CO. The van der Waals surface area contributed by atoms with Gasteiger partial charge in [-0.15, -0.1) is 57.3 Å². The molecule has 60 heavy (non-hydrogen) atoms. The predicted molar refractivity (Wildman–Crippen MR) is 274 cm³/mol. The molecule has 1 saturated carbocycles. The predicted octanol–water partition coefficient (Wildman–Crippen LogP) is 15.1. The van der Waals surface area contributed by atoms with E-state index in [1.54, 1.807) is 6.92 Å². The van der Waals surface area contributed by atoms with Crippen LogP contribution in [0.4, 0.5) is 0 Å². The Morgan fingerprint density at radius 3 is 1.65 bits per heavy atom. The molecular weight excluding hydrogens is 741 g/mol. The highest BCUT2D eigenvalue weighted by molar-refractivity contribution is 4.83. The van der Waals surface area contributed by atoms with Gasteiger partial charge in [0, 0.05) is 38.6 Å². The van der Waals surface area contributed by atoms with Crippen LogP contribution in [0.1, 0.15) is 198 Å². The fraction of sp³-hybridized carbons (Fsp3) is 0.741. The van der Waals surface area contributed by atoms with Crippen LogP contribution in [0.15, 0.2) is 50.1 Å². The van der Waals surface area contributed by atoms with Gasteiger partial charge in [0.15, 0.2) is 0 Å². The van der Waals surface area contributed by atoms with E-state index in [1.807, 2.05) is 45.9 Å². The van der Waals surface area contributed by atoms with Crippen LogP contribution in [0.5, 0.6) is 0 Å². The molecule has 0 aromatic carbocycles. The van der Waals surface area contributed by atoms with Crippen LogP contribution in [0.2, 0.25) is 0 Å². The fourth-order valence-corrected chi connectivity index (χ4v) is 5.23. The van der Waals surface area contributed by atoms with E-state index in [0.29, 0.717) is 19.8 Å². The third-order valence-corrected chi connectivity index (χ3v) is 8.69. The minimum Gasteiger partial charge on any atom is -0.400 e. The lowest BCUT2D eigenvalue weighted by Gasteiger charge is -2.28. The molecule has 3 N–H and O–H groups in total. The molecule has 1 aliphatic rings. The molecule has 2 unspecified atom stereocenters. The van der Waals surface area contributed by atoms with E-state index in [-0.39, 0.29) is 5.41 Å². The van der Waals surface area contributed by atoms with Crippen LogP contribution in [0, 0.1) is 54.8 Å². The number of hydroxylamine groups is 2. The van der Waals surface area contributed by atoms with E-state index in [1.165, 1.54) is 83.5 Å². The number of rotatable bonds is 28. The number of aliphatic hydroxyl groups is 1. The number of ether oxygens (including phenoxy) is 1. The minimum absolute atomic E-state index is 0.208. The topological polar surface area (TPSA) is 72.0 Å². The number of hydrogen-bond acceptors (Lipinski definition) is 6. The summed E-state index contributed by atoms with van der Waals surface area (Å²) in [7, 11) is 1.00. The standard InChI is InChI=1S/C22H42N2O3.C11H22.C7H14.C4H8.C3H4.C2H6.C2H4.C2H2.CH4O/c1-5-8-11-12-15-18-25-19-22(4,20-26-23-16-13-9-6-2)21-27-24-17-14-10-7-3;1-3-4-5-8-11-9-6-7-10(11)2;1-3-5-7-6-4-2;1-3-4-2;1-3-2;4*1-2/h2,5,8,23-24H,7,9-21H2,1,3-4H3;10-11H,3-9H2,1-2H3;3H,1,4-7H2,2H3;3-4H,1-2H3;1H,2H3;1-2H3;1-2H2;1-2H;2H,1H3/b8-5-;;;4-3-;;;;;/t;10-,11?;;;;;;;/m.0......./s1. The van der Waals surface area contributed by atoms with Gasteiger partial charge < -0.3 is 19.5 Å². The molecule has 1 rings (SSSR count). The molecule has 0 spiro atoms. The second-order valence-corrected chi connectivity index (χ2v) is 14.2. The third-order valence-electron chi connectivity index (χ3n) is 8.69. The summed E-state index contributed by atoms with van der Waals surface area (Å²) >= 11 is 0. The van der Waals surface area contributed by atoms with Crippen molar-refractivity contribution in [3.8, 4) is 37.5 Å². The molecule has 0 saturated heterocycles. The number of aliphatic hydroxyl groups excluding tert-OH is 1. The van der Waals surface area contributed by atoms with Gasteiger partial charge in [-0.25, -0.2) is 11.0 Å². The van der Waals surface area contributed by atoms with Crippen molar-refractivity contribution < 1.29 is 19.5 Å². The fourth-order valence-electron chi connectivity index (χ4n) is 5.23. The van der Waals surface area contributed by atoms with Crippen LogP contribution in [-0.2, 0) is 14.4 Å². The number of hydrogen-bond donors (Lipinski definition) is 3. The van der Waals surface area contributed by atoms with E-state index in [9.17, 15) is 0 Å². The second-order valence-electron chi connectivity index (χ2n) is 14.2. The monoisotopic (exact) mass is 847 g/mol. The molecule has 0 aliphatic heterocycles. The van der Waals surface area contributed by atoms with Crippen molar-refractivity contribution in [2.75, 3.05) is 46.6 Å². The van der Waals surface area contributed by atoms with Crippen molar-refractivity contribution in [2.24, 2.45) is 17.3 Å². The van der Waals surface area contributed by atoms with E-state index in [4.69, 9.17) is 25.9 Å². The largest absolute Gasteiger partial charge is 0.400 e.